The minimum Gasteiger partial charge on any atom is -0.274 e. The fourth-order valence-corrected chi connectivity index (χ4v) is 8.19. The number of para-hydroxylation sites is 1. The first-order valence-electron chi connectivity index (χ1n) is 12.7. The Bertz CT molecular complexity index is 2140. The van der Waals surface area contributed by atoms with Gasteiger partial charge in [0.2, 0.25) is 20.9 Å². The zero-order valence-corrected chi connectivity index (χ0v) is 25.2. The van der Waals surface area contributed by atoms with Gasteiger partial charge in [0.05, 0.1) is 28.9 Å². The number of carbonyl (C=O) groups is 1. The van der Waals surface area contributed by atoms with Gasteiger partial charge in [-0.1, -0.05) is 54.1 Å². The number of carbonyl (C=O) groups excluding carboxylic acids is 1. The number of aromatic nitrogens is 1. The summed E-state index contributed by atoms with van der Waals surface area (Å²) in [5.74, 6) is -1.29. The van der Waals surface area contributed by atoms with Crippen LogP contribution in [0, 0.1) is 12.5 Å². The molecule has 0 spiro atoms. The molecule has 5 aromatic rings. The quantitative estimate of drug-likeness (QED) is 0.201. The Hall–Kier alpha value is -3.95. The highest BCUT2D eigenvalue weighted by Crippen LogP contribution is 2.51. The molecule has 12 heteroatoms. The number of halogens is 1. The number of sulfonamides is 1. The molecule has 212 valence electrons. The van der Waals surface area contributed by atoms with Gasteiger partial charge in [-0.2, -0.15) is 11.3 Å². The number of nitrogens with zero attached hydrogens (tertiary/aromatic N) is 2. The van der Waals surface area contributed by atoms with E-state index in [0.717, 1.165) is 11.8 Å². The molecule has 42 heavy (non-hydrogen) atoms. The smallest absolute Gasteiger partial charge is 0.268 e. The minimum absolute atomic E-state index is 0.0482. The summed E-state index contributed by atoms with van der Waals surface area (Å²) in [6, 6.07) is 22.2. The van der Waals surface area contributed by atoms with Crippen molar-refractivity contribution in [1.82, 2.24) is 8.69 Å². The maximum Gasteiger partial charge on any atom is 0.268 e. The van der Waals surface area contributed by atoms with E-state index >= 15 is 0 Å². The fraction of sp³-hybridized carbons (Fsp3) is 0.133. The average molecular weight is 636 g/mol. The van der Waals surface area contributed by atoms with Crippen molar-refractivity contribution in [1.29, 1.82) is 0 Å². The van der Waals surface area contributed by atoms with Crippen LogP contribution < -0.4 is 4.72 Å². The molecule has 3 aromatic carbocycles. The van der Waals surface area contributed by atoms with Crippen molar-refractivity contribution in [2.45, 2.75) is 17.2 Å². The monoisotopic (exact) mass is 635 g/mol. The maximum absolute atomic E-state index is 14.3. The highest BCUT2D eigenvalue weighted by molar-refractivity contribution is 7.90. The molecular formula is C30H22ClN3O5S3. The van der Waals surface area contributed by atoms with Crippen LogP contribution in [-0.2, 0) is 24.8 Å². The van der Waals surface area contributed by atoms with Crippen molar-refractivity contribution in [2.75, 3.05) is 6.26 Å². The molecule has 1 aliphatic carbocycles. The first kappa shape index (κ1) is 28.2. The molecule has 1 N–H and O–H groups in total. The lowest BCUT2D eigenvalue weighted by atomic mass is 9.97. The molecule has 6 rings (SSSR count). The molecule has 1 saturated carbocycles. The van der Waals surface area contributed by atoms with Gasteiger partial charge in [0.1, 0.15) is 0 Å². The molecule has 0 bridgehead atoms. The molecule has 1 fully saturated rings. The molecule has 2 aromatic heterocycles. The van der Waals surface area contributed by atoms with Gasteiger partial charge in [0.25, 0.3) is 10.0 Å². The van der Waals surface area contributed by atoms with Crippen LogP contribution in [0.4, 0.5) is 5.00 Å². The van der Waals surface area contributed by atoms with Gasteiger partial charge in [-0.05, 0) is 59.7 Å². The summed E-state index contributed by atoms with van der Waals surface area (Å²) < 4.78 is 55.2. The number of benzene rings is 3. The largest absolute Gasteiger partial charge is 0.274 e. The summed E-state index contributed by atoms with van der Waals surface area (Å²) in [5, 5.41) is 3.30. The summed E-state index contributed by atoms with van der Waals surface area (Å²) in [4.78, 5) is 16.3. The standard InChI is InChI=1S/C30H22ClN3O5S3/c1-32-30-23(14-15-40-30)27-22-8-3-4-9-26(22)34(42(38,39)21-12-10-20(31)11-13-21)28(27)19-7-5-6-18(16-19)24-17-25(24)29(35)33-41(2,36)37/h3-16,24-25H,17H2,2H3,(H,33,35). The second-order valence-electron chi connectivity index (χ2n) is 10.0. The Kier molecular flexibility index (Phi) is 6.98. The molecule has 2 heterocycles. The topological polar surface area (TPSA) is 107 Å². The SMILES string of the molecule is [C-]#[N+]c1sccc1-c1c(-c2cccc(C3CC3C(=O)NS(C)(=O)=O)c2)n(S(=O)(=O)c2ccc(Cl)cc2)c2ccccc12. The van der Waals surface area contributed by atoms with Crippen LogP contribution in [0.3, 0.4) is 0 Å². The predicted octanol–water partition coefficient (Wildman–Crippen LogP) is 6.66. The molecule has 1 amide bonds. The zero-order valence-electron chi connectivity index (χ0n) is 22.0. The fourth-order valence-electron chi connectivity index (χ4n) is 5.31. The first-order valence-corrected chi connectivity index (χ1v) is 17.3. The van der Waals surface area contributed by atoms with Gasteiger partial charge in [-0.25, -0.2) is 25.7 Å². The van der Waals surface area contributed by atoms with Crippen molar-refractivity contribution in [3.05, 3.63) is 106 Å². The van der Waals surface area contributed by atoms with E-state index in [1.165, 1.54) is 39.6 Å². The number of rotatable bonds is 7. The second-order valence-corrected chi connectivity index (χ2v) is 14.9. The van der Waals surface area contributed by atoms with Gasteiger partial charge in [-0.3, -0.25) is 9.52 Å². The van der Waals surface area contributed by atoms with Gasteiger partial charge in [0, 0.05) is 33.0 Å². The third-order valence-electron chi connectivity index (χ3n) is 7.20. The highest BCUT2D eigenvalue weighted by atomic mass is 35.5. The Morgan fingerprint density at radius 1 is 1.02 bits per heavy atom. The lowest BCUT2D eigenvalue weighted by Crippen LogP contribution is -2.30. The van der Waals surface area contributed by atoms with Crippen molar-refractivity contribution in [3.63, 3.8) is 0 Å². The Labute approximate surface area is 252 Å². The predicted molar refractivity (Wildman–Crippen MR) is 165 cm³/mol. The molecule has 2 atom stereocenters. The highest BCUT2D eigenvalue weighted by Gasteiger charge is 2.45. The van der Waals surface area contributed by atoms with Crippen molar-refractivity contribution in [2.24, 2.45) is 5.92 Å². The molecule has 1 aliphatic rings. The lowest BCUT2D eigenvalue weighted by Gasteiger charge is -2.15. The van der Waals surface area contributed by atoms with E-state index in [1.807, 2.05) is 35.1 Å². The van der Waals surface area contributed by atoms with Crippen molar-refractivity contribution >= 4 is 64.8 Å². The number of hydrogen-bond acceptors (Lipinski definition) is 6. The average Bonchev–Trinajstić information content (AvgIpc) is 3.49. The van der Waals surface area contributed by atoms with E-state index in [0.29, 0.717) is 49.7 Å². The van der Waals surface area contributed by atoms with Crippen LogP contribution in [0.5, 0.6) is 0 Å². The molecular weight excluding hydrogens is 614 g/mol. The number of nitrogens with one attached hydrogen (secondary N) is 1. The summed E-state index contributed by atoms with van der Waals surface area (Å²) in [6.45, 7) is 7.76. The molecule has 0 radical (unpaired) electrons. The van der Waals surface area contributed by atoms with Crippen LogP contribution >= 0.6 is 22.9 Å². The summed E-state index contributed by atoms with van der Waals surface area (Å²) in [5.41, 5.74) is 3.41. The number of hydrogen-bond donors (Lipinski definition) is 1. The number of thiophene rings is 1. The lowest BCUT2D eigenvalue weighted by molar-refractivity contribution is -0.120. The molecule has 2 unspecified atom stereocenters. The molecule has 0 aliphatic heterocycles. The van der Waals surface area contributed by atoms with E-state index < -0.39 is 31.9 Å². The van der Waals surface area contributed by atoms with Crippen LogP contribution in [-0.4, -0.2) is 33.0 Å². The maximum atomic E-state index is 14.3. The summed E-state index contributed by atoms with van der Waals surface area (Å²) in [7, 11) is -7.85. The number of amides is 1. The van der Waals surface area contributed by atoms with Gasteiger partial charge in [-0.15, -0.1) is 0 Å². The third-order valence-corrected chi connectivity index (χ3v) is 10.6. The van der Waals surface area contributed by atoms with E-state index in [-0.39, 0.29) is 10.8 Å². The molecule has 8 nitrogen and oxygen atoms in total. The Morgan fingerprint density at radius 3 is 2.48 bits per heavy atom. The van der Waals surface area contributed by atoms with E-state index in [9.17, 15) is 21.6 Å². The first-order chi connectivity index (χ1) is 20.0. The molecule has 0 saturated heterocycles. The second kappa shape index (κ2) is 10.4. The minimum atomic E-state index is -4.16. The van der Waals surface area contributed by atoms with Crippen LogP contribution in [0.1, 0.15) is 17.9 Å². The zero-order chi connectivity index (χ0) is 29.8. The van der Waals surface area contributed by atoms with E-state index in [2.05, 4.69) is 4.85 Å². The summed E-state index contributed by atoms with van der Waals surface area (Å²) in [6.07, 6.45) is 1.41. The van der Waals surface area contributed by atoms with Crippen molar-refractivity contribution < 1.29 is 21.6 Å². The van der Waals surface area contributed by atoms with Crippen LogP contribution in [0.25, 0.3) is 38.1 Å². The number of fused-ring (bicyclic) bond motifs is 1. The van der Waals surface area contributed by atoms with Crippen LogP contribution in [0.15, 0.2) is 89.1 Å². The third kappa shape index (κ3) is 5.01. The van der Waals surface area contributed by atoms with Crippen molar-refractivity contribution in [3.8, 4) is 22.4 Å². The Balaban J connectivity index is 1.60. The van der Waals surface area contributed by atoms with E-state index in [4.69, 9.17) is 18.2 Å². The van der Waals surface area contributed by atoms with E-state index in [1.54, 1.807) is 29.6 Å². The van der Waals surface area contributed by atoms with Gasteiger partial charge in [0.15, 0.2) is 0 Å². The Morgan fingerprint density at radius 2 is 1.76 bits per heavy atom. The normalized spacial score (nSPS) is 16.7. The van der Waals surface area contributed by atoms with Gasteiger partial charge < -0.3 is 0 Å². The van der Waals surface area contributed by atoms with Crippen LogP contribution in [0.2, 0.25) is 5.02 Å². The summed E-state index contributed by atoms with van der Waals surface area (Å²) >= 11 is 7.34. The van der Waals surface area contributed by atoms with Gasteiger partial charge >= 0.3 is 0 Å².